The quantitative estimate of drug-likeness (QED) is 0.608. The maximum Gasteiger partial charge on any atom is 0.326 e. The molecule has 2 saturated heterocycles. The second kappa shape index (κ2) is 4.97. The van der Waals surface area contributed by atoms with Crippen LogP contribution in [0.15, 0.2) is 30.3 Å². The first kappa shape index (κ1) is 13.2. The molecule has 0 aliphatic carbocycles. The van der Waals surface area contributed by atoms with E-state index in [-0.39, 0.29) is 6.42 Å². The van der Waals surface area contributed by atoms with Crippen molar-refractivity contribution in [1.82, 2.24) is 20.9 Å². The molecule has 8 heteroatoms. The van der Waals surface area contributed by atoms with Crippen LogP contribution in [0.25, 0.3) is 0 Å². The summed E-state index contributed by atoms with van der Waals surface area (Å²) in [6.45, 7) is 0. The van der Waals surface area contributed by atoms with Crippen LogP contribution in [0.4, 0.5) is 9.59 Å². The molecule has 2 aliphatic rings. The largest absolute Gasteiger partial charge is 0.480 e. The van der Waals surface area contributed by atoms with Crippen molar-refractivity contribution in [1.29, 1.82) is 0 Å². The van der Waals surface area contributed by atoms with E-state index in [0.717, 1.165) is 10.5 Å². The van der Waals surface area contributed by atoms with Crippen LogP contribution >= 0.6 is 0 Å². The van der Waals surface area contributed by atoms with Crippen molar-refractivity contribution in [2.45, 2.75) is 24.8 Å². The van der Waals surface area contributed by atoms with Crippen LogP contribution in [0.5, 0.6) is 0 Å². The molecule has 3 atom stereocenters. The number of hydrogen-bond acceptors (Lipinski definition) is 3. The second-order valence-electron chi connectivity index (χ2n) is 4.94. The van der Waals surface area contributed by atoms with E-state index in [9.17, 15) is 19.5 Å². The summed E-state index contributed by atoms with van der Waals surface area (Å²) in [5.41, 5.74) is 0.804. The molecule has 2 aliphatic heterocycles. The topological polar surface area (TPSA) is 111 Å². The van der Waals surface area contributed by atoms with E-state index in [1.807, 2.05) is 6.07 Å². The van der Waals surface area contributed by atoms with Crippen molar-refractivity contribution in [3.05, 3.63) is 35.9 Å². The van der Waals surface area contributed by atoms with Crippen LogP contribution in [0, 0.1) is 0 Å². The van der Waals surface area contributed by atoms with Crippen molar-refractivity contribution >= 4 is 18.0 Å². The molecule has 110 valence electrons. The number of rotatable bonds is 4. The number of nitrogens with one attached hydrogen (secondary N) is 3. The minimum Gasteiger partial charge on any atom is -0.480 e. The van der Waals surface area contributed by atoms with E-state index in [2.05, 4.69) is 16.0 Å². The standard InChI is InChI=1S/C13H14N4O4/c18-11(19)8(6-7-4-2-1-3-5-7)17-10-9(15-13(17)21)14-12(20)16-10/h1-5,8-10H,6H2,(H,15,21)(H,18,19)(H2,14,16,20)/t8-,9-,10-/m1/s1. The highest BCUT2D eigenvalue weighted by molar-refractivity contribution is 5.88. The molecule has 4 N–H and O–H groups in total. The third kappa shape index (κ3) is 2.35. The Morgan fingerprint density at radius 1 is 1.19 bits per heavy atom. The molecule has 2 heterocycles. The fourth-order valence-electron chi connectivity index (χ4n) is 2.64. The number of fused-ring (bicyclic) bond motifs is 1. The Labute approximate surface area is 120 Å². The third-order valence-electron chi connectivity index (χ3n) is 3.59. The summed E-state index contributed by atoms with van der Waals surface area (Å²) in [5.74, 6) is -1.11. The lowest BCUT2D eigenvalue weighted by Gasteiger charge is -2.27. The molecule has 4 amide bonds. The van der Waals surface area contributed by atoms with Crippen molar-refractivity contribution < 1.29 is 19.5 Å². The van der Waals surface area contributed by atoms with Crippen LogP contribution in [0.3, 0.4) is 0 Å². The maximum atomic E-state index is 12.0. The Bertz CT molecular complexity index is 591. The Balaban J connectivity index is 1.85. The van der Waals surface area contributed by atoms with Crippen molar-refractivity contribution in [2.24, 2.45) is 0 Å². The van der Waals surface area contributed by atoms with Gasteiger partial charge in [-0.25, -0.2) is 14.4 Å². The smallest absolute Gasteiger partial charge is 0.326 e. The fraction of sp³-hybridized carbons (Fsp3) is 0.308. The van der Waals surface area contributed by atoms with E-state index in [4.69, 9.17) is 0 Å². The predicted octanol–water partition coefficient (Wildman–Crippen LogP) is -0.328. The number of aliphatic carboxylic acids is 1. The number of benzene rings is 1. The lowest BCUT2D eigenvalue weighted by molar-refractivity contribution is -0.142. The number of amides is 4. The van der Waals surface area contributed by atoms with Gasteiger partial charge in [0.15, 0.2) is 0 Å². The number of hydrogen-bond donors (Lipinski definition) is 4. The van der Waals surface area contributed by atoms with Gasteiger partial charge in [0, 0.05) is 6.42 Å². The van der Waals surface area contributed by atoms with Crippen LogP contribution in [-0.4, -0.2) is 46.4 Å². The van der Waals surface area contributed by atoms with Gasteiger partial charge in [-0.3, -0.25) is 4.90 Å². The zero-order chi connectivity index (χ0) is 15.0. The highest BCUT2D eigenvalue weighted by atomic mass is 16.4. The molecule has 2 fully saturated rings. The molecule has 0 unspecified atom stereocenters. The average molecular weight is 290 g/mol. The van der Waals surface area contributed by atoms with E-state index >= 15 is 0 Å². The van der Waals surface area contributed by atoms with Gasteiger partial charge in [-0.2, -0.15) is 0 Å². The SMILES string of the molecule is O=C1N[C@@H]2NC(=O)N([C@H](Cc3ccccc3)C(=O)O)[C@H]2N1. The van der Waals surface area contributed by atoms with Crippen molar-refractivity contribution in [2.75, 3.05) is 0 Å². The lowest BCUT2D eigenvalue weighted by atomic mass is 10.0. The fourth-order valence-corrected chi connectivity index (χ4v) is 2.64. The number of carboxylic acids is 1. The maximum absolute atomic E-state index is 12.0. The Morgan fingerprint density at radius 3 is 2.57 bits per heavy atom. The summed E-state index contributed by atoms with van der Waals surface area (Å²) in [6, 6.07) is 7.04. The summed E-state index contributed by atoms with van der Waals surface area (Å²) in [5, 5.41) is 17.1. The van der Waals surface area contributed by atoms with Gasteiger partial charge in [0.25, 0.3) is 0 Å². The van der Waals surface area contributed by atoms with Gasteiger partial charge in [-0.1, -0.05) is 30.3 Å². The van der Waals surface area contributed by atoms with E-state index in [1.54, 1.807) is 24.3 Å². The molecule has 1 aromatic carbocycles. The Morgan fingerprint density at radius 2 is 1.90 bits per heavy atom. The number of carbonyl (C=O) groups is 3. The van der Waals surface area contributed by atoms with E-state index in [0.29, 0.717) is 0 Å². The Hall–Kier alpha value is -2.77. The van der Waals surface area contributed by atoms with Gasteiger partial charge in [0.2, 0.25) is 0 Å². The minimum absolute atomic E-state index is 0.169. The van der Waals surface area contributed by atoms with Gasteiger partial charge in [-0.05, 0) is 5.56 Å². The van der Waals surface area contributed by atoms with E-state index < -0.39 is 36.4 Å². The number of urea groups is 2. The summed E-state index contributed by atoms with van der Waals surface area (Å²) in [6.07, 6.45) is -1.14. The lowest BCUT2D eigenvalue weighted by Crippen LogP contribution is -2.53. The normalized spacial score (nSPS) is 24.9. The predicted molar refractivity (Wildman–Crippen MR) is 71.2 cm³/mol. The monoisotopic (exact) mass is 290 g/mol. The highest BCUT2D eigenvalue weighted by Gasteiger charge is 2.49. The molecule has 0 radical (unpaired) electrons. The first-order chi connectivity index (χ1) is 10.1. The molecule has 8 nitrogen and oxygen atoms in total. The van der Waals surface area contributed by atoms with Crippen molar-refractivity contribution in [3.8, 4) is 0 Å². The summed E-state index contributed by atoms with van der Waals surface area (Å²) in [7, 11) is 0. The number of carbonyl (C=O) groups excluding carboxylic acids is 2. The first-order valence-electron chi connectivity index (χ1n) is 6.49. The summed E-state index contributed by atoms with van der Waals surface area (Å²) < 4.78 is 0. The molecule has 0 aromatic heterocycles. The minimum atomic E-state index is -1.11. The zero-order valence-electron chi connectivity index (χ0n) is 10.9. The van der Waals surface area contributed by atoms with Crippen LogP contribution in [0.1, 0.15) is 5.56 Å². The van der Waals surface area contributed by atoms with Crippen LogP contribution < -0.4 is 16.0 Å². The van der Waals surface area contributed by atoms with Gasteiger partial charge >= 0.3 is 18.0 Å². The molecule has 21 heavy (non-hydrogen) atoms. The molecule has 0 spiro atoms. The highest BCUT2D eigenvalue weighted by Crippen LogP contribution is 2.20. The molecule has 3 rings (SSSR count). The molecular weight excluding hydrogens is 276 g/mol. The second-order valence-corrected chi connectivity index (χ2v) is 4.94. The summed E-state index contributed by atoms with van der Waals surface area (Å²) in [4.78, 5) is 36.0. The zero-order valence-corrected chi connectivity index (χ0v) is 10.9. The van der Waals surface area contributed by atoms with Gasteiger partial charge in [-0.15, -0.1) is 0 Å². The number of carboxylic acid groups (broad SMARTS) is 1. The molecular formula is C13H14N4O4. The molecule has 0 saturated carbocycles. The van der Waals surface area contributed by atoms with Gasteiger partial charge in [0.1, 0.15) is 18.4 Å². The van der Waals surface area contributed by atoms with Crippen LogP contribution in [-0.2, 0) is 11.2 Å². The number of nitrogens with zero attached hydrogens (tertiary/aromatic N) is 1. The van der Waals surface area contributed by atoms with Crippen LogP contribution in [0.2, 0.25) is 0 Å². The third-order valence-corrected chi connectivity index (χ3v) is 3.59. The van der Waals surface area contributed by atoms with Crippen molar-refractivity contribution in [3.63, 3.8) is 0 Å². The molecule has 0 bridgehead atoms. The summed E-state index contributed by atoms with van der Waals surface area (Å²) >= 11 is 0. The van der Waals surface area contributed by atoms with Gasteiger partial charge in [0.05, 0.1) is 0 Å². The first-order valence-corrected chi connectivity index (χ1v) is 6.49. The van der Waals surface area contributed by atoms with E-state index in [1.165, 1.54) is 0 Å². The molecule has 1 aromatic rings. The van der Waals surface area contributed by atoms with Gasteiger partial charge < -0.3 is 21.1 Å². The average Bonchev–Trinajstić information content (AvgIpc) is 2.92. The Kier molecular flexibility index (Phi) is 3.13.